The first kappa shape index (κ1) is 14.2. The number of nitrogens with one attached hydrogen (secondary N) is 1. The predicted octanol–water partition coefficient (Wildman–Crippen LogP) is -1.10. The topological polar surface area (TPSA) is 124 Å². The molecule has 0 saturated carbocycles. The van der Waals surface area contributed by atoms with Crippen LogP contribution in [0.5, 0.6) is 0 Å². The molecule has 0 bridgehead atoms. The second kappa shape index (κ2) is 5.05. The molecule has 19 heavy (non-hydrogen) atoms. The van der Waals surface area contributed by atoms with Gasteiger partial charge >= 0.3 is 5.69 Å². The van der Waals surface area contributed by atoms with Crippen LogP contribution in [-0.4, -0.2) is 26.4 Å². The largest absolute Gasteiger partial charge is 0.777 e. The van der Waals surface area contributed by atoms with Crippen LogP contribution in [0.15, 0.2) is 15.8 Å². The summed E-state index contributed by atoms with van der Waals surface area (Å²) in [5.41, 5.74) is -0.645. The van der Waals surface area contributed by atoms with Gasteiger partial charge in [-0.2, -0.15) is 0 Å². The summed E-state index contributed by atoms with van der Waals surface area (Å²) in [5.74, 6) is -1.21. The number of rotatable bonds is 3. The molecule has 1 aliphatic heterocycles. The third-order valence-corrected chi connectivity index (χ3v) is 4.15. The summed E-state index contributed by atoms with van der Waals surface area (Å²) in [6.07, 6.45) is 1.52. The average molecular weight is 289 g/mol. The number of aromatic amines is 1. The molecule has 1 aromatic heterocycles. The molecule has 1 saturated heterocycles. The van der Waals surface area contributed by atoms with E-state index in [0.717, 1.165) is 0 Å². The van der Waals surface area contributed by atoms with Gasteiger partial charge in [-0.15, -0.1) is 0 Å². The Balaban J connectivity index is 2.12. The molecule has 0 spiro atoms. The van der Waals surface area contributed by atoms with Crippen LogP contribution < -0.4 is 16.1 Å². The molecule has 0 radical (unpaired) electrons. The van der Waals surface area contributed by atoms with Crippen molar-refractivity contribution in [3.8, 4) is 0 Å². The van der Waals surface area contributed by atoms with E-state index in [0.29, 0.717) is 12.0 Å². The van der Waals surface area contributed by atoms with Gasteiger partial charge in [0.15, 0.2) is 7.60 Å². The monoisotopic (exact) mass is 289 g/mol. The Morgan fingerprint density at radius 1 is 1.58 bits per heavy atom. The highest BCUT2D eigenvalue weighted by molar-refractivity contribution is 7.50. The summed E-state index contributed by atoms with van der Waals surface area (Å²) in [7, 11) is -4.50. The molecule has 0 amide bonds. The highest BCUT2D eigenvalue weighted by Crippen LogP contribution is 2.44. The minimum absolute atomic E-state index is 0.132. The van der Waals surface area contributed by atoms with E-state index < -0.39 is 30.8 Å². The van der Waals surface area contributed by atoms with Crippen molar-refractivity contribution in [3.05, 3.63) is 32.6 Å². The zero-order valence-corrected chi connectivity index (χ0v) is 11.1. The molecule has 9 heteroatoms. The predicted molar refractivity (Wildman–Crippen MR) is 63.8 cm³/mol. The molecule has 3 unspecified atom stereocenters. The SMILES string of the molecule is Cc1cn(CC2CCC(P(=O)([O-])O)O2)c(=O)[nH]c1=O. The van der Waals surface area contributed by atoms with Crippen molar-refractivity contribution < 1.29 is 19.1 Å². The molecule has 2 N–H and O–H groups in total. The van der Waals surface area contributed by atoms with E-state index in [4.69, 9.17) is 9.63 Å². The van der Waals surface area contributed by atoms with Gasteiger partial charge in [-0.25, -0.2) is 4.79 Å². The van der Waals surface area contributed by atoms with E-state index in [1.54, 1.807) is 6.92 Å². The first-order valence-electron chi connectivity index (χ1n) is 5.76. The molecule has 1 aliphatic rings. The number of ether oxygens (including phenoxy) is 1. The zero-order valence-electron chi connectivity index (χ0n) is 10.2. The molecule has 0 aliphatic carbocycles. The lowest BCUT2D eigenvalue weighted by molar-refractivity contribution is -0.204. The second-order valence-corrected chi connectivity index (χ2v) is 6.28. The molecule has 106 valence electrons. The van der Waals surface area contributed by atoms with Crippen molar-refractivity contribution in [1.82, 2.24) is 9.55 Å². The summed E-state index contributed by atoms with van der Waals surface area (Å²) < 4.78 is 17.4. The van der Waals surface area contributed by atoms with Crippen LogP contribution in [-0.2, 0) is 15.8 Å². The quantitative estimate of drug-likeness (QED) is 0.680. The lowest BCUT2D eigenvalue weighted by Gasteiger charge is -2.23. The van der Waals surface area contributed by atoms with Gasteiger partial charge in [-0.3, -0.25) is 14.3 Å². The molecule has 2 rings (SSSR count). The standard InChI is InChI=1S/C10H15N2O6P/c1-6-4-12(10(14)11-9(6)13)5-7-2-3-8(18-7)19(15,16)17/h4,7-8H,2-3,5H2,1H3,(H,11,13,14)(H2,15,16,17)/p-1. The van der Waals surface area contributed by atoms with Crippen molar-refractivity contribution in [1.29, 1.82) is 0 Å². The minimum atomic E-state index is -4.50. The Kier molecular flexibility index (Phi) is 3.78. The van der Waals surface area contributed by atoms with Crippen molar-refractivity contribution in [3.63, 3.8) is 0 Å². The maximum Gasteiger partial charge on any atom is 0.328 e. The van der Waals surface area contributed by atoms with E-state index in [-0.39, 0.29) is 13.0 Å². The normalized spacial score (nSPS) is 26.3. The van der Waals surface area contributed by atoms with Crippen LogP contribution in [0.2, 0.25) is 0 Å². The van der Waals surface area contributed by atoms with Crippen LogP contribution in [0.3, 0.4) is 0 Å². The average Bonchev–Trinajstić information content (AvgIpc) is 2.74. The van der Waals surface area contributed by atoms with Crippen molar-refractivity contribution >= 4 is 7.60 Å². The maximum absolute atomic E-state index is 11.5. The Morgan fingerprint density at radius 3 is 2.84 bits per heavy atom. The second-order valence-electron chi connectivity index (χ2n) is 4.58. The number of aromatic nitrogens is 2. The fourth-order valence-corrected chi connectivity index (χ4v) is 2.84. The van der Waals surface area contributed by atoms with Gasteiger partial charge in [-0.05, 0) is 19.8 Å². The molecular formula is C10H14N2O6P-. The highest BCUT2D eigenvalue weighted by Gasteiger charge is 2.32. The smallest absolute Gasteiger partial charge is 0.328 e. The molecule has 2 heterocycles. The number of hydrogen-bond acceptors (Lipinski definition) is 5. The summed E-state index contributed by atoms with van der Waals surface area (Å²) in [4.78, 5) is 44.7. The maximum atomic E-state index is 11.5. The Hall–Kier alpha value is -1.21. The van der Waals surface area contributed by atoms with E-state index >= 15 is 0 Å². The van der Waals surface area contributed by atoms with Gasteiger partial charge in [0, 0.05) is 11.8 Å². The number of aryl methyl sites for hydroxylation is 1. The van der Waals surface area contributed by atoms with Gasteiger partial charge in [0.05, 0.1) is 12.6 Å². The van der Waals surface area contributed by atoms with Crippen LogP contribution in [0.25, 0.3) is 0 Å². The molecule has 0 aromatic carbocycles. The fraction of sp³-hybridized carbons (Fsp3) is 0.600. The lowest BCUT2D eigenvalue weighted by atomic mass is 10.2. The van der Waals surface area contributed by atoms with Crippen LogP contribution in [0.1, 0.15) is 18.4 Å². The van der Waals surface area contributed by atoms with E-state index in [9.17, 15) is 19.0 Å². The minimum Gasteiger partial charge on any atom is -0.777 e. The third-order valence-electron chi connectivity index (χ3n) is 3.04. The van der Waals surface area contributed by atoms with E-state index in [2.05, 4.69) is 4.98 Å². The van der Waals surface area contributed by atoms with Gasteiger partial charge in [0.1, 0.15) is 5.85 Å². The first-order chi connectivity index (χ1) is 8.77. The zero-order chi connectivity index (χ0) is 14.2. The van der Waals surface area contributed by atoms with E-state index in [1.165, 1.54) is 10.8 Å². The Labute approximate surface area is 108 Å². The molecule has 3 atom stereocenters. The number of nitrogens with zero attached hydrogens (tertiary/aromatic N) is 1. The van der Waals surface area contributed by atoms with Crippen molar-refractivity contribution in [2.45, 2.75) is 38.3 Å². The van der Waals surface area contributed by atoms with Crippen LogP contribution in [0.4, 0.5) is 0 Å². The summed E-state index contributed by atoms with van der Waals surface area (Å²) in [6, 6.07) is 0. The van der Waals surface area contributed by atoms with Gasteiger partial charge < -0.3 is 19.1 Å². The molecule has 1 fully saturated rings. The summed E-state index contributed by atoms with van der Waals surface area (Å²) in [5, 5.41) is 0. The van der Waals surface area contributed by atoms with Crippen LogP contribution >= 0.6 is 7.60 Å². The molecule has 1 aromatic rings. The van der Waals surface area contributed by atoms with Gasteiger partial charge in [-0.1, -0.05) is 0 Å². The number of H-pyrrole nitrogens is 1. The Morgan fingerprint density at radius 2 is 2.26 bits per heavy atom. The summed E-state index contributed by atoms with van der Waals surface area (Å²) in [6.45, 7) is 1.69. The summed E-state index contributed by atoms with van der Waals surface area (Å²) >= 11 is 0. The Bertz CT molecular complexity index is 630. The lowest BCUT2D eigenvalue weighted by Crippen LogP contribution is -2.34. The van der Waals surface area contributed by atoms with E-state index in [1.807, 2.05) is 0 Å². The third kappa shape index (κ3) is 3.22. The first-order valence-corrected chi connectivity index (χ1v) is 7.41. The van der Waals surface area contributed by atoms with Crippen LogP contribution in [0, 0.1) is 6.92 Å². The number of hydrogen-bond donors (Lipinski definition) is 2. The van der Waals surface area contributed by atoms with Crippen molar-refractivity contribution in [2.75, 3.05) is 0 Å². The molecular weight excluding hydrogens is 275 g/mol. The van der Waals surface area contributed by atoms with Crippen molar-refractivity contribution in [2.24, 2.45) is 0 Å². The van der Waals surface area contributed by atoms with Gasteiger partial charge in [0.2, 0.25) is 0 Å². The fourth-order valence-electron chi connectivity index (χ4n) is 2.03. The highest BCUT2D eigenvalue weighted by atomic mass is 31.2. The molecule has 8 nitrogen and oxygen atoms in total. The van der Waals surface area contributed by atoms with Gasteiger partial charge in [0.25, 0.3) is 5.56 Å².